The third-order valence-electron chi connectivity index (χ3n) is 5.13. The second kappa shape index (κ2) is 3.67. The van der Waals surface area contributed by atoms with E-state index >= 15 is 0 Å². The Hall–Kier alpha value is -1.16. The van der Waals surface area contributed by atoms with Crippen molar-refractivity contribution in [1.29, 1.82) is 0 Å². The van der Waals surface area contributed by atoms with Crippen LogP contribution >= 0.6 is 0 Å². The van der Waals surface area contributed by atoms with Crippen molar-refractivity contribution < 1.29 is 4.74 Å². The Labute approximate surface area is 107 Å². The summed E-state index contributed by atoms with van der Waals surface area (Å²) in [5.74, 6) is 0.461. The molecular formula is C14H20N2O2. The predicted octanol–water partition coefficient (Wildman–Crippen LogP) is 1.96. The second-order valence-electron chi connectivity index (χ2n) is 5.92. The fourth-order valence-electron chi connectivity index (χ4n) is 4.19. The van der Waals surface area contributed by atoms with Gasteiger partial charge in [-0.1, -0.05) is 13.8 Å². The minimum atomic E-state index is -0.0929. The molecule has 18 heavy (non-hydrogen) atoms. The van der Waals surface area contributed by atoms with Crippen molar-refractivity contribution in [1.82, 2.24) is 10.2 Å². The van der Waals surface area contributed by atoms with Crippen LogP contribution in [0.15, 0.2) is 10.9 Å². The van der Waals surface area contributed by atoms with E-state index < -0.39 is 0 Å². The molecule has 1 saturated carbocycles. The van der Waals surface area contributed by atoms with E-state index in [1.54, 1.807) is 13.2 Å². The first-order valence-electron chi connectivity index (χ1n) is 6.68. The van der Waals surface area contributed by atoms with Crippen molar-refractivity contribution in [3.63, 3.8) is 0 Å². The molecular weight excluding hydrogens is 228 g/mol. The van der Waals surface area contributed by atoms with Gasteiger partial charge in [-0.3, -0.25) is 4.79 Å². The lowest BCUT2D eigenvalue weighted by Gasteiger charge is -2.33. The highest BCUT2D eigenvalue weighted by Gasteiger charge is 2.67. The fourth-order valence-corrected chi connectivity index (χ4v) is 4.19. The topological polar surface area (TPSA) is 55.0 Å². The number of nitrogens with one attached hydrogen (secondary N) is 1. The predicted molar refractivity (Wildman–Crippen MR) is 68.8 cm³/mol. The molecule has 2 atom stereocenters. The third-order valence-corrected chi connectivity index (χ3v) is 5.13. The number of H-pyrrole nitrogens is 1. The summed E-state index contributed by atoms with van der Waals surface area (Å²) in [6.45, 7) is 5.12. The number of nitrogens with zero attached hydrogens (tertiary/aromatic N) is 1. The lowest BCUT2D eigenvalue weighted by Crippen LogP contribution is -2.36. The van der Waals surface area contributed by atoms with Crippen LogP contribution in [0.5, 0.6) is 0 Å². The minimum Gasteiger partial charge on any atom is -0.384 e. The van der Waals surface area contributed by atoms with Crippen molar-refractivity contribution in [3.8, 4) is 0 Å². The molecule has 1 aromatic heterocycles. The second-order valence-corrected chi connectivity index (χ2v) is 5.92. The molecule has 1 spiro atoms. The maximum Gasteiger partial charge on any atom is 0.264 e. The van der Waals surface area contributed by atoms with Crippen LogP contribution in [-0.4, -0.2) is 23.9 Å². The summed E-state index contributed by atoms with van der Waals surface area (Å²) in [6.07, 6.45) is 3.50. The van der Waals surface area contributed by atoms with Crippen molar-refractivity contribution >= 4 is 0 Å². The quantitative estimate of drug-likeness (QED) is 0.889. The van der Waals surface area contributed by atoms with E-state index in [0.29, 0.717) is 12.5 Å². The molecule has 0 aliphatic heterocycles. The van der Waals surface area contributed by atoms with Gasteiger partial charge in [-0.15, -0.1) is 0 Å². The van der Waals surface area contributed by atoms with E-state index in [9.17, 15) is 4.79 Å². The molecule has 3 rings (SSSR count). The summed E-state index contributed by atoms with van der Waals surface area (Å²) < 4.78 is 5.45. The molecule has 1 aromatic rings. The first-order valence-corrected chi connectivity index (χ1v) is 6.68. The van der Waals surface area contributed by atoms with Crippen LogP contribution in [0.25, 0.3) is 0 Å². The number of fused-ring (bicyclic) bond motifs is 1. The summed E-state index contributed by atoms with van der Waals surface area (Å²) in [6, 6.07) is 1.75. The van der Waals surface area contributed by atoms with Crippen molar-refractivity contribution in [2.45, 2.75) is 44.4 Å². The number of aromatic nitrogens is 2. The number of rotatable bonds is 3. The molecule has 1 fully saturated rings. The standard InChI is InChI=1S/C14H20N2O2/c1-4-10-9-7-11(17)15-16-12(9)13(2,8-18-3)14(10)5-6-14/h7,10H,4-6,8H2,1-3H3,(H,15,17). The van der Waals surface area contributed by atoms with E-state index in [4.69, 9.17) is 4.74 Å². The molecule has 0 amide bonds. The Morgan fingerprint density at radius 3 is 2.83 bits per heavy atom. The van der Waals surface area contributed by atoms with Crippen LogP contribution < -0.4 is 5.56 Å². The van der Waals surface area contributed by atoms with Gasteiger partial charge < -0.3 is 4.74 Å². The monoisotopic (exact) mass is 248 g/mol. The number of hydrogen-bond acceptors (Lipinski definition) is 3. The van der Waals surface area contributed by atoms with E-state index in [-0.39, 0.29) is 16.4 Å². The van der Waals surface area contributed by atoms with Crippen LogP contribution in [-0.2, 0) is 10.2 Å². The van der Waals surface area contributed by atoms with Crippen LogP contribution in [0.4, 0.5) is 0 Å². The van der Waals surface area contributed by atoms with Gasteiger partial charge in [-0.2, -0.15) is 5.10 Å². The third kappa shape index (κ3) is 1.24. The molecule has 4 nitrogen and oxygen atoms in total. The van der Waals surface area contributed by atoms with Gasteiger partial charge in [0.25, 0.3) is 5.56 Å². The van der Waals surface area contributed by atoms with Crippen LogP contribution in [0.1, 0.15) is 50.3 Å². The molecule has 2 aliphatic rings. The Bertz CT molecular complexity index is 533. The largest absolute Gasteiger partial charge is 0.384 e. The number of aromatic amines is 1. The maximum absolute atomic E-state index is 11.5. The van der Waals surface area contributed by atoms with Crippen LogP contribution in [0, 0.1) is 5.41 Å². The molecule has 0 saturated heterocycles. The van der Waals surface area contributed by atoms with Gasteiger partial charge in [-0.05, 0) is 36.2 Å². The first kappa shape index (κ1) is 11.9. The molecule has 1 heterocycles. The molecule has 0 bridgehead atoms. The minimum absolute atomic E-state index is 0.0536. The number of hydrogen-bond donors (Lipinski definition) is 1. The number of methoxy groups -OCH3 is 1. The highest BCUT2D eigenvalue weighted by Crippen LogP contribution is 2.72. The van der Waals surface area contributed by atoms with Gasteiger partial charge in [0, 0.05) is 18.6 Å². The van der Waals surface area contributed by atoms with Crippen molar-refractivity contribution in [2.75, 3.05) is 13.7 Å². The summed E-state index contributed by atoms with van der Waals surface area (Å²) >= 11 is 0. The van der Waals surface area contributed by atoms with Gasteiger partial charge in [0.2, 0.25) is 0 Å². The molecule has 0 radical (unpaired) electrons. The summed E-state index contributed by atoms with van der Waals surface area (Å²) in [4.78, 5) is 11.5. The lowest BCUT2D eigenvalue weighted by molar-refractivity contribution is 0.0884. The zero-order chi connectivity index (χ0) is 13.0. The average molecular weight is 248 g/mol. The Kier molecular flexibility index (Phi) is 2.43. The Morgan fingerprint density at radius 2 is 2.28 bits per heavy atom. The normalized spacial score (nSPS) is 31.6. The summed E-state index contributed by atoms with van der Waals surface area (Å²) in [5.41, 5.74) is 2.33. The van der Waals surface area contributed by atoms with E-state index in [1.807, 2.05) is 0 Å². The Balaban J connectivity index is 2.20. The summed E-state index contributed by atoms with van der Waals surface area (Å²) in [5, 5.41) is 6.94. The van der Waals surface area contributed by atoms with Gasteiger partial charge in [0.05, 0.1) is 12.3 Å². The average Bonchev–Trinajstić information content (AvgIpc) is 3.08. The highest BCUT2D eigenvalue weighted by atomic mass is 16.5. The van der Waals surface area contributed by atoms with E-state index in [1.165, 1.54) is 12.8 Å². The Morgan fingerprint density at radius 1 is 1.56 bits per heavy atom. The van der Waals surface area contributed by atoms with Crippen molar-refractivity contribution in [2.24, 2.45) is 5.41 Å². The van der Waals surface area contributed by atoms with Gasteiger partial charge in [-0.25, -0.2) is 5.10 Å². The molecule has 98 valence electrons. The molecule has 2 unspecified atom stereocenters. The number of ether oxygens (including phenoxy) is 1. The van der Waals surface area contributed by atoms with Gasteiger partial charge in [0.15, 0.2) is 0 Å². The molecule has 1 N–H and O–H groups in total. The van der Waals surface area contributed by atoms with E-state index in [0.717, 1.165) is 17.7 Å². The van der Waals surface area contributed by atoms with Crippen LogP contribution in [0.2, 0.25) is 0 Å². The zero-order valence-corrected chi connectivity index (χ0v) is 11.2. The smallest absolute Gasteiger partial charge is 0.264 e. The van der Waals surface area contributed by atoms with Gasteiger partial charge >= 0.3 is 0 Å². The fraction of sp³-hybridized carbons (Fsp3) is 0.714. The SMILES string of the molecule is CCC1c2cc(=O)[nH]nc2C(C)(COC)C12CC2. The summed E-state index contributed by atoms with van der Waals surface area (Å²) in [7, 11) is 1.74. The zero-order valence-electron chi connectivity index (χ0n) is 11.2. The molecule has 2 aliphatic carbocycles. The van der Waals surface area contributed by atoms with Gasteiger partial charge in [0.1, 0.15) is 0 Å². The van der Waals surface area contributed by atoms with Crippen molar-refractivity contribution in [3.05, 3.63) is 27.7 Å². The molecule has 4 heteroatoms. The molecule has 0 aromatic carbocycles. The van der Waals surface area contributed by atoms with Crippen LogP contribution in [0.3, 0.4) is 0 Å². The maximum atomic E-state index is 11.5. The van der Waals surface area contributed by atoms with E-state index in [2.05, 4.69) is 24.0 Å². The lowest BCUT2D eigenvalue weighted by atomic mass is 9.72. The highest BCUT2D eigenvalue weighted by molar-refractivity contribution is 5.44. The first-order chi connectivity index (χ1) is 8.59.